The van der Waals surface area contributed by atoms with Crippen LogP contribution in [0.2, 0.25) is 5.02 Å². The topological polar surface area (TPSA) is 66.0 Å². The SMILES string of the molecule is O=C(NCc1ncccc1C(F)(F)F)c1ccc(CNc2c(Cl)ccc3c2CCNCC3)cc1. The molecule has 1 aliphatic heterocycles. The van der Waals surface area contributed by atoms with Crippen molar-refractivity contribution in [3.05, 3.63) is 93.3 Å². The number of rotatable bonds is 6. The van der Waals surface area contributed by atoms with Crippen LogP contribution in [0.25, 0.3) is 0 Å². The van der Waals surface area contributed by atoms with E-state index in [1.165, 1.54) is 23.4 Å². The maximum Gasteiger partial charge on any atom is 0.418 e. The van der Waals surface area contributed by atoms with Gasteiger partial charge in [0.15, 0.2) is 0 Å². The van der Waals surface area contributed by atoms with E-state index in [0.29, 0.717) is 17.1 Å². The van der Waals surface area contributed by atoms with Crippen molar-refractivity contribution < 1.29 is 18.0 Å². The monoisotopic (exact) mass is 488 g/mol. The van der Waals surface area contributed by atoms with E-state index in [9.17, 15) is 18.0 Å². The fraction of sp³-hybridized carbons (Fsp3) is 0.280. The fourth-order valence-corrected chi connectivity index (χ4v) is 4.25. The summed E-state index contributed by atoms with van der Waals surface area (Å²) in [5, 5.41) is 10.0. The molecule has 3 N–H and O–H groups in total. The van der Waals surface area contributed by atoms with Gasteiger partial charge in [-0.25, -0.2) is 0 Å². The van der Waals surface area contributed by atoms with Crippen LogP contribution >= 0.6 is 11.6 Å². The molecule has 0 spiro atoms. The van der Waals surface area contributed by atoms with Gasteiger partial charge in [-0.15, -0.1) is 0 Å². The maximum atomic E-state index is 13.1. The summed E-state index contributed by atoms with van der Waals surface area (Å²) in [6.07, 6.45) is -1.41. The number of halogens is 4. The number of hydrogen-bond donors (Lipinski definition) is 3. The summed E-state index contributed by atoms with van der Waals surface area (Å²) in [4.78, 5) is 16.2. The van der Waals surface area contributed by atoms with Crippen LogP contribution in [0.15, 0.2) is 54.7 Å². The minimum Gasteiger partial charge on any atom is -0.380 e. The number of benzene rings is 2. The Hall–Kier alpha value is -3.10. The van der Waals surface area contributed by atoms with Gasteiger partial charge in [0.2, 0.25) is 0 Å². The van der Waals surface area contributed by atoms with Crippen LogP contribution < -0.4 is 16.0 Å². The Bertz CT molecular complexity index is 1170. The highest BCUT2D eigenvalue weighted by Crippen LogP contribution is 2.32. The summed E-state index contributed by atoms with van der Waals surface area (Å²) in [7, 11) is 0. The first-order chi connectivity index (χ1) is 16.3. The van der Waals surface area contributed by atoms with E-state index < -0.39 is 17.6 Å². The summed E-state index contributed by atoms with van der Waals surface area (Å²) in [5.41, 5.74) is 3.66. The van der Waals surface area contributed by atoms with E-state index in [-0.39, 0.29) is 12.2 Å². The zero-order valence-electron chi connectivity index (χ0n) is 18.3. The lowest BCUT2D eigenvalue weighted by molar-refractivity contribution is -0.138. The molecular weight excluding hydrogens is 465 g/mol. The summed E-state index contributed by atoms with van der Waals surface area (Å²) in [6, 6.07) is 13.1. The van der Waals surface area contributed by atoms with Gasteiger partial charge >= 0.3 is 6.18 Å². The lowest BCUT2D eigenvalue weighted by Gasteiger charge is -2.16. The van der Waals surface area contributed by atoms with Crippen molar-refractivity contribution in [2.45, 2.75) is 32.1 Å². The molecule has 2 heterocycles. The number of carbonyl (C=O) groups is 1. The van der Waals surface area contributed by atoms with Crippen molar-refractivity contribution >= 4 is 23.2 Å². The summed E-state index contributed by atoms with van der Waals surface area (Å²) >= 11 is 6.46. The molecule has 2 aromatic carbocycles. The second-order valence-electron chi connectivity index (χ2n) is 8.04. The largest absolute Gasteiger partial charge is 0.418 e. The van der Waals surface area contributed by atoms with Crippen molar-refractivity contribution in [3.63, 3.8) is 0 Å². The molecule has 0 aliphatic carbocycles. The standard InChI is InChI=1S/C25H24ClF3N4O/c26-21-8-7-17-9-12-30-13-10-19(17)23(21)32-14-16-3-5-18(6-4-16)24(34)33-15-22-20(25(27,28)29)2-1-11-31-22/h1-8,11,30,32H,9-10,12-15H2,(H,33,34). The van der Waals surface area contributed by atoms with Gasteiger partial charge in [0.05, 0.1) is 28.5 Å². The predicted molar refractivity (Wildman–Crippen MR) is 126 cm³/mol. The zero-order chi connectivity index (χ0) is 24.1. The van der Waals surface area contributed by atoms with Crippen LogP contribution in [0, 0.1) is 0 Å². The minimum absolute atomic E-state index is 0.224. The van der Waals surface area contributed by atoms with E-state index in [1.54, 1.807) is 24.3 Å². The Morgan fingerprint density at radius 3 is 2.56 bits per heavy atom. The molecular formula is C25H24ClF3N4O. The average molecular weight is 489 g/mol. The molecule has 0 atom stereocenters. The molecule has 0 radical (unpaired) electrons. The Morgan fingerprint density at radius 2 is 1.79 bits per heavy atom. The Balaban J connectivity index is 1.39. The predicted octanol–water partition coefficient (Wildman–Crippen LogP) is 4.98. The third-order valence-electron chi connectivity index (χ3n) is 5.78. The molecule has 0 unspecified atom stereocenters. The van der Waals surface area contributed by atoms with Gasteiger partial charge in [-0.2, -0.15) is 13.2 Å². The number of nitrogens with one attached hydrogen (secondary N) is 3. The summed E-state index contributed by atoms with van der Waals surface area (Å²) < 4.78 is 39.3. The molecule has 1 aliphatic rings. The molecule has 34 heavy (non-hydrogen) atoms. The molecule has 178 valence electrons. The van der Waals surface area contributed by atoms with E-state index in [0.717, 1.165) is 43.2 Å². The van der Waals surface area contributed by atoms with Crippen molar-refractivity contribution in [2.24, 2.45) is 0 Å². The van der Waals surface area contributed by atoms with E-state index in [2.05, 4.69) is 27.0 Å². The zero-order valence-corrected chi connectivity index (χ0v) is 19.1. The average Bonchev–Trinajstić information content (AvgIpc) is 3.07. The van der Waals surface area contributed by atoms with E-state index in [4.69, 9.17) is 11.6 Å². The second-order valence-corrected chi connectivity index (χ2v) is 8.45. The quantitative estimate of drug-likeness (QED) is 0.457. The number of amides is 1. The van der Waals surface area contributed by atoms with Gasteiger partial charge in [0.25, 0.3) is 5.91 Å². The Kier molecular flexibility index (Phi) is 7.38. The highest BCUT2D eigenvalue weighted by Gasteiger charge is 2.33. The Labute approximate surface area is 200 Å². The Morgan fingerprint density at radius 1 is 1.03 bits per heavy atom. The number of carbonyl (C=O) groups excluding carboxylic acids is 1. The van der Waals surface area contributed by atoms with E-state index in [1.807, 2.05) is 6.07 Å². The van der Waals surface area contributed by atoms with Crippen LogP contribution in [0.3, 0.4) is 0 Å². The molecule has 0 saturated heterocycles. The second kappa shape index (κ2) is 10.4. The first kappa shape index (κ1) is 24.0. The maximum absolute atomic E-state index is 13.1. The molecule has 4 rings (SSSR count). The van der Waals surface area contributed by atoms with Crippen molar-refractivity contribution in [2.75, 3.05) is 18.4 Å². The molecule has 0 saturated carbocycles. The lowest BCUT2D eigenvalue weighted by Crippen LogP contribution is -2.25. The normalized spacial score (nSPS) is 13.6. The van der Waals surface area contributed by atoms with Gasteiger partial charge in [-0.3, -0.25) is 9.78 Å². The molecule has 3 aromatic rings. The summed E-state index contributed by atoms with van der Waals surface area (Å²) in [6.45, 7) is 2.04. The third kappa shape index (κ3) is 5.69. The van der Waals surface area contributed by atoms with Gasteiger partial charge in [0.1, 0.15) is 0 Å². The van der Waals surface area contributed by atoms with Crippen molar-refractivity contribution in [1.82, 2.24) is 15.6 Å². The number of fused-ring (bicyclic) bond motifs is 1. The highest BCUT2D eigenvalue weighted by atomic mass is 35.5. The number of pyridine rings is 1. The van der Waals surface area contributed by atoms with Gasteiger partial charge in [-0.05, 0) is 73.0 Å². The van der Waals surface area contributed by atoms with Crippen molar-refractivity contribution in [3.8, 4) is 0 Å². The number of nitrogens with zero attached hydrogens (tertiary/aromatic N) is 1. The first-order valence-electron chi connectivity index (χ1n) is 11.0. The molecule has 0 fully saturated rings. The number of aromatic nitrogens is 1. The van der Waals surface area contributed by atoms with Crippen LogP contribution in [-0.2, 0) is 32.1 Å². The van der Waals surface area contributed by atoms with Crippen LogP contribution in [0.5, 0.6) is 0 Å². The molecule has 1 amide bonds. The fourth-order valence-electron chi connectivity index (χ4n) is 4.00. The van der Waals surface area contributed by atoms with E-state index >= 15 is 0 Å². The molecule has 0 bridgehead atoms. The minimum atomic E-state index is -4.53. The summed E-state index contributed by atoms with van der Waals surface area (Å²) in [5.74, 6) is -0.470. The van der Waals surface area contributed by atoms with Crippen LogP contribution in [0.1, 0.15) is 38.3 Å². The smallest absolute Gasteiger partial charge is 0.380 e. The van der Waals surface area contributed by atoms with Crippen LogP contribution in [-0.4, -0.2) is 24.0 Å². The number of alkyl halides is 3. The van der Waals surface area contributed by atoms with Gasteiger partial charge < -0.3 is 16.0 Å². The third-order valence-corrected chi connectivity index (χ3v) is 6.09. The van der Waals surface area contributed by atoms with Gasteiger partial charge in [-0.1, -0.05) is 29.8 Å². The van der Waals surface area contributed by atoms with Crippen LogP contribution in [0.4, 0.5) is 18.9 Å². The number of hydrogen-bond acceptors (Lipinski definition) is 4. The lowest BCUT2D eigenvalue weighted by atomic mass is 10.0. The number of anilines is 1. The molecule has 1 aromatic heterocycles. The molecule has 5 nitrogen and oxygen atoms in total. The van der Waals surface area contributed by atoms with Crippen molar-refractivity contribution in [1.29, 1.82) is 0 Å². The highest BCUT2D eigenvalue weighted by molar-refractivity contribution is 6.33. The van der Waals surface area contributed by atoms with Gasteiger partial charge in [0, 0.05) is 18.3 Å². The molecule has 9 heteroatoms. The first-order valence-corrected chi connectivity index (χ1v) is 11.3.